The van der Waals surface area contributed by atoms with Gasteiger partial charge in [-0.15, -0.1) is 0 Å². The molecule has 0 saturated carbocycles. The summed E-state index contributed by atoms with van der Waals surface area (Å²) in [6, 6.07) is 4.08. The van der Waals surface area contributed by atoms with E-state index in [0.29, 0.717) is 12.5 Å². The summed E-state index contributed by atoms with van der Waals surface area (Å²) in [6.07, 6.45) is 6.20. The molecule has 1 fully saturated rings. The lowest BCUT2D eigenvalue weighted by molar-refractivity contribution is 0.358. The van der Waals surface area contributed by atoms with E-state index in [4.69, 9.17) is 17.3 Å². The Morgan fingerprint density at radius 2 is 2.11 bits per heavy atom. The van der Waals surface area contributed by atoms with Crippen LogP contribution >= 0.6 is 11.6 Å². The lowest BCUT2D eigenvalue weighted by Crippen LogP contribution is -2.45. The van der Waals surface area contributed by atoms with Crippen molar-refractivity contribution in [1.29, 1.82) is 0 Å². The summed E-state index contributed by atoms with van der Waals surface area (Å²) in [7, 11) is 0. The lowest BCUT2D eigenvalue weighted by Gasteiger charge is -2.41. The zero-order chi connectivity index (χ0) is 18.6. The van der Waals surface area contributed by atoms with E-state index >= 15 is 0 Å². The van der Waals surface area contributed by atoms with Gasteiger partial charge in [0.05, 0.1) is 0 Å². The predicted molar refractivity (Wildman–Crippen MR) is 110 cm³/mol. The average molecular weight is 384 g/mol. The number of hydrogen-bond donors (Lipinski definition) is 2. The zero-order valence-corrected chi connectivity index (χ0v) is 16.5. The molecule has 1 aliphatic carbocycles. The number of hydrogen-bond acceptors (Lipinski definition) is 5. The van der Waals surface area contributed by atoms with Crippen LogP contribution in [-0.4, -0.2) is 29.6 Å². The third-order valence-corrected chi connectivity index (χ3v) is 7.23. The van der Waals surface area contributed by atoms with E-state index in [2.05, 4.69) is 33.2 Å². The Bertz CT molecular complexity index is 888. The molecule has 2 aromatic rings. The van der Waals surface area contributed by atoms with Crippen molar-refractivity contribution in [3.05, 3.63) is 45.9 Å². The number of aryl methyl sites for hydroxylation is 1. The summed E-state index contributed by atoms with van der Waals surface area (Å²) in [6.45, 7) is 5.78. The second kappa shape index (κ2) is 6.35. The lowest BCUT2D eigenvalue weighted by atomic mass is 9.72. The Morgan fingerprint density at radius 3 is 2.89 bits per heavy atom. The number of nitrogens with zero attached hydrogens (tertiary/aromatic N) is 3. The topological polar surface area (TPSA) is 67.1 Å². The summed E-state index contributed by atoms with van der Waals surface area (Å²) < 4.78 is 0. The second-order valence-corrected chi connectivity index (χ2v) is 8.68. The van der Waals surface area contributed by atoms with Gasteiger partial charge in [-0.1, -0.05) is 18.5 Å². The second-order valence-electron chi connectivity index (χ2n) is 8.27. The number of nitrogens with two attached hydrogens (primary N) is 1. The summed E-state index contributed by atoms with van der Waals surface area (Å²) in [5, 5.41) is 4.40. The first-order valence-electron chi connectivity index (χ1n) is 9.97. The van der Waals surface area contributed by atoms with Crippen molar-refractivity contribution in [2.45, 2.75) is 50.5 Å². The number of anilines is 2. The van der Waals surface area contributed by atoms with E-state index in [9.17, 15) is 0 Å². The van der Waals surface area contributed by atoms with Crippen LogP contribution in [0.1, 0.15) is 54.5 Å². The molecule has 27 heavy (non-hydrogen) atoms. The van der Waals surface area contributed by atoms with Crippen molar-refractivity contribution in [1.82, 2.24) is 9.97 Å². The van der Waals surface area contributed by atoms with Crippen LogP contribution in [0, 0.1) is 0 Å². The van der Waals surface area contributed by atoms with Crippen molar-refractivity contribution in [2.75, 3.05) is 29.9 Å². The van der Waals surface area contributed by atoms with Crippen LogP contribution in [0.2, 0.25) is 5.02 Å². The van der Waals surface area contributed by atoms with Crippen LogP contribution in [0.3, 0.4) is 0 Å². The maximum atomic E-state index is 6.48. The van der Waals surface area contributed by atoms with Gasteiger partial charge in [0.15, 0.2) is 0 Å². The zero-order valence-electron chi connectivity index (χ0n) is 15.8. The van der Waals surface area contributed by atoms with Gasteiger partial charge in [-0.25, -0.2) is 9.97 Å². The molecule has 5 rings (SSSR count). The van der Waals surface area contributed by atoms with Gasteiger partial charge in [0.1, 0.15) is 12.1 Å². The van der Waals surface area contributed by atoms with Crippen LogP contribution in [0.4, 0.5) is 11.5 Å². The van der Waals surface area contributed by atoms with Crippen molar-refractivity contribution in [3.8, 4) is 0 Å². The van der Waals surface area contributed by atoms with E-state index < -0.39 is 0 Å². The van der Waals surface area contributed by atoms with Crippen LogP contribution in [0.5, 0.6) is 0 Å². The molecule has 0 unspecified atom stereocenters. The van der Waals surface area contributed by atoms with Gasteiger partial charge in [0.25, 0.3) is 0 Å². The largest absolute Gasteiger partial charge is 0.384 e. The molecule has 1 saturated heterocycles. The van der Waals surface area contributed by atoms with Crippen LogP contribution in [0.15, 0.2) is 18.5 Å². The van der Waals surface area contributed by atoms with Crippen LogP contribution in [0.25, 0.3) is 0 Å². The van der Waals surface area contributed by atoms with Crippen LogP contribution in [-0.2, 0) is 18.4 Å². The number of piperidine rings is 1. The molecule has 1 aromatic carbocycles. The van der Waals surface area contributed by atoms with Gasteiger partial charge < -0.3 is 16.0 Å². The number of rotatable bonds is 2. The van der Waals surface area contributed by atoms with Gasteiger partial charge >= 0.3 is 0 Å². The highest BCUT2D eigenvalue weighted by molar-refractivity contribution is 6.31. The first kappa shape index (κ1) is 17.3. The van der Waals surface area contributed by atoms with E-state index in [0.717, 1.165) is 55.3 Å². The molecular weight excluding hydrogens is 358 g/mol. The highest BCUT2D eigenvalue weighted by Gasteiger charge is 2.44. The molecule has 3 aliphatic rings. The summed E-state index contributed by atoms with van der Waals surface area (Å²) in [5.41, 5.74) is 12.5. The SMILES string of the molecule is C[C@@H]1CCc2ncnc(N3CCC4(CC3)CNc3ccc(Cl)c(CN)c34)c21. The quantitative estimate of drug-likeness (QED) is 0.829. The Balaban J connectivity index is 1.45. The monoisotopic (exact) mass is 383 g/mol. The minimum atomic E-state index is 0.132. The molecule has 1 atom stereocenters. The maximum Gasteiger partial charge on any atom is 0.135 e. The third kappa shape index (κ3) is 2.55. The molecule has 0 radical (unpaired) electrons. The Labute approximate surface area is 165 Å². The minimum Gasteiger partial charge on any atom is -0.384 e. The van der Waals surface area contributed by atoms with E-state index in [1.54, 1.807) is 6.33 Å². The Kier molecular flexibility index (Phi) is 4.06. The molecule has 142 valence electrons. The van der Waals surface area contributed by atoms with Crippen molar-refractivity contribution < 1.29 is 0 Å². The molecule has 3 N–H and O–H groups in total. The Hall–Kier alpha value is -1.85. The first-order valence-corrected chi connectivity index (χ1v) is 10.4. The number of nitrogens with one attached hydrogen (secondary N) is 1. The number of halogens is 1. The molecule has 3 heterocycles. The van der Waals surface area contributed by atoms with E-state index in [1.165, 1.54) is 28.9 Å². The summed E-state index contributed by atoms with van der Waals surface area (Å²) in [5.74, 6) is 1.72. The number of benzene rings is 1. The first-order chi connectivity index (χ1) is 13.1. The fraction of sp³-hybridized carbons (Fsp3) is 0.524. The molecule has 1 spiro atoms. The minimum absolute atomic E-state index is 0.132. The van der Waals surface area contributed by atoms with Crippen molar-refractivity contribution in [2.24, 2.45) is 5.73 Å². The standard InChI is InChI=1S/C21H26ClN5/c1-13-2-4-16-18(13)20(26-12-25-16)27-8-6-21(7-9-27)11-24-17-5-3-15(22)14(10-23)19(17)21/h3,5,12-13,24H,2,4,6-11,23H2,1H3/t13-/m1/s1. The molecule has 6 heteroatoms. The predicted octanol–water partition coefficient (Wildman–Crippen LogP) is 3.60. The average Bonchev–Trinajstić information content (AvgIpc) is 3.24. The smallest absolute Gasteiger partial charge is 0.135 e. The van der Waals surface area contributed by atoms with Crippen molar-refractivity contribution >= 4 is 23.1 Å². The number of aromatic nitrogens is 2. The van der Waals surface area contributed by atoms with Gasteiger partial charge in [-0.05, 0) is 54.9 Å². The fourth-order valence-corrected chi connectivity index (χ4v) is 5.61. The molecule has 2 aliphatic heterocycles. The van der Waals surface area contributed by atoms with Gasteiger partial charge in [-0.3, -0.25) is 0 Å². The maximum absolute atomic E-state index is 6.48. The van der Waals surface area contributed by atoms with Gasteiger partial charge in [0, 0.05) is 53.6 Å². The highest BCUT2D eigenvalue weighted by Crippen LogP contribution is 2.48. The normalized spacial score (nSPS) is 22.6. The molecule has 0 amide bonds. The molecule has 5 nitrogen and oxygen atoms in total. The summed E-state index contributed by atoms with van der Waals surface area (Å²) in [4.78, 5) is 11.7. The molecule has 0 bridgehead atoms. The van der Waals surface area contributed by atoms with Gasteiger partial charge in [0.2, 0.25) is 0 Å². The highest BCUT2D eigenvalue weighted by atomic mass is 35.5. The van der Waals surface area contributed by atoms with Crippen molar-refractivity contribution in [3.63, 3.8) is 0 Å². The molecule has 1 aromatic heterocycles. The third-order valence-electron chi connectivity index (χ3n) is 6.88. The van der Waals surface area contributed by atoms with E-state index in [1.807, 2.05) is 6.07 Å². The van der Waals surface area contributed by atoms with E-state index in [-0.39, 0.29) is 5.41 Å². The van der Waals surface area contributed by atoms with Gasteiger partial charge in [-0.2, -0.15) is 0 Å². The fourth-order valence-electron chi connectivity index (χ4n) is 5.38. The van der Waals surface area contributed by atoms with Crippen LogP contribution < -0.4 is 16.0 Å². The molecular formula is C21H26ClN5. The number of fused-ring (bicyclic) bond motifs is 3. The summed E-state index contributed by atoms with van der Waals surface area (Å²) >= 11 is 6.48. The Morgan fingerprint density at radius 1 is 1.30 bits per heavy atom.